The molecule has 1 saturated carbocycles. The van der Waals surface area contributed by atoms with E-state index in [2.05, 4.69) is 37.2 Å². The van der Waals surface area contributed by atoms with Crippen LogP contribution >= 0.6 is 31.9 Å². The van der Waals surface area contributed by atoms with Crippen molar-refractivity contribution in [1.82, 2.24) is 5.32 Å². The summed E-state index contributed by atoms with van der Waals surface area (Å²) in [5.74, 6) is 1.21. The molecule has 20 heavy (non-hydrogen) atoms. The molecule has 0 saturated heterocycles. The predicted molar refractivity (Wildman–Crippen MR) is 87.7 cm³/mol. The van der Waals surface area contributed by atoms with Crippen LogP contribution in [0.25, 0.3) is 0 Å². The Bertz CT molecular complexity index is 479. The monoisotopic (exact) mass is 403 g/mol. The molecule has 0 radical (unpaired) electrons. The van der Waals surface area contributed by atoms with E-state index < -0.39 is 0 Å². The standard InChI is InChI=1S/C15H19Br2NO2/c1-20-12-5-6-14(17)13(8-12)15(19)18-9-10-3-2-4-11(16)7-10/h5-6,8,10-11H,2-4,7,9H2,1H3,(H,18,19). The van der Waals surface area contributed by atoms with Crippen molar-refractivity contribution in [3.8, 4) is 5.75 Å². The van der Waals surface area contributed by atoms with Crippen molar-refractivity contribution in [2.45, 2.75) is 30.5 Å². The van der Waals surface area contributed by atoms with Gasteiger partial charge in [0, 0.05) is 15.8 Å². The van der Waals surface area contributed by atoms with E-state index in [1.807, 2.05) is 12.1 Å². The van der Waals surface area contributed by atoms with Crippen LogP contribution in [0.15, 0.2) is 22.7 Å². The number of rotatable bonds is 4. The van der Waals surface area contributed by atoms with Crippen LogP contribution in [0.3, 0.4) is 0 Å². The van der Waals surface area contributed by atoms with E-state index in [1.165, 1.54) is 19.3 Å². The second-order valence-corrected chi connectivity index (χ2v) is 7.34. The molecule has 3 nitrogen and oxygen atoms in total. The number of nitrogens with one attached hydrogen (secondary N) is 1. The van der Waals surface area contributed by atoms with Gasteiger partial charge in [0.05, 0.1) is 12.7 Å². The molecule has 1 amide bonds. The quantitative estimate of drug-likeness (QED) is 0.765. The first-order valence-electron chi connectivity index (χ1n) is 6.86. The number of ether oxygens (including phenoxy) is 1. The number of methoxy groups -OCH3 is 1. The molecule has 0 spiro atoms. The van der Waals surface area contributed by atoms with Gasteiger partial charge in [0.25, 0.3) is 5.91 Å². The zero-order valence-corrected chi connectivity index (χ0v) is 14.7. The summed E-state index contributed by atoms with van der Waals surface area (Å²) in [7, 11) is 1.60. The number of hydrogen-bond acceptors (Lipinski definition) is 2. The Balaban J connectivity index is 1.94. The molecule has 0 heterocycles. The summed E-state index contributed by atoms with van der Waals surface area (Å²) in [5, 5.41) is 3.04. The lowest BCUT2D eigenvalue weighted by Gasteiger charge is -2.25. The number of amides is 1. The number of hydrogen-bond donors (Lipinski definition) is 1. The molecule has 1 aliphatic rings. The fourth-order valence-electron chi connectivity index (χ4n) is 2.55. The average Bonchev–Trinajstić information content (AvgIpc) is 2.45. The number of carbonyl (C=O) groups excluding carboxylic acids is 1. The summed E-state index contributed by atoms with van der Waals surface area (Å²) in [6.45, 7) is 0.741. The molecule has 5 heteroatoms. The van der Waals surface area contributed by atoms with Crippen molar-refractivity contribution in [2.75, 3.05) is 13.7 Å². The van der Waals surface area contributed by atoms with Crippen LogP contribution in [0.5, 0.6) is 5.75 Å². The van der Waals surface area contributed by atoms with Gasteiger partial charge in [-0.1, -0.05) is 22.4 Å². The molecule has 1 aromatic carbocycles. The summed E-state index contributed by atoms with van der Waals surface area (Å²) in [6, 6.07) is 5.42. The van der Waals surface area contributed by atoms with Gasteiger partial charge in [-0.15, -0.1) is 0 Å². The summed E-state index contributed by atoms with van der Waals surface area (Å²) < 4.78 is 5.95. The highest BCUT2D eigenvalue weighted by Gasteiger charge is 2.21. The number of benzene rings is 1. The third-order valence-electron chi connectivity index (χ3n) is 3.69. The lowest BCUT2D eigenvalue weighted by molar-refractivity contribution is 0.0943. The van der Waals surface area contributed by atoms with Crippen LogP contribution in [-0.2, 0) is 0 Å². The van der Waals surface area contributed by atoms with Crippen LogP contribution in [0.4, 0.5) is 0 Å². The van der Waals surface area contributed by atoms with Crippen LogP contribution in [0.2, 0.25) is 0 Å². The van der Waals surface area contributed by atoms with E-state index in [0.717, 1.165) is 17.4 Å². The van der Waals surface area contributed by atoms with Gasteiger partial charge < -0.3 is 10.1 Å². The minimum Gasteiger partial charge on any atom is -0.497 e. The van der Waals surface area contributed by atoms with Crippen molar-refractivity contribution in [1.29, 1.82) is 0 Å². The zero-order valence-electron chi connectivity index (χ0n) is 11.5. The Hall–Kier alpha value is -0.550. The summed E-state index contributed by atoms with van der Waals surface area (Å²) in [5.41, 5.74) is 0.621. The van der Waals surface area contributed by atoms with Gasteiger partial charge >= 0.3 is 0 Å². The van der Waals surface area contributed by atoms with E-state index >= 15 is 0 Å². The highest BCUT2D eigenvalue weighted by atomic mass is 79.9. The Labute approximate surface area is 136 Å². The minimum absolute atomic E-state index is 0.0486. The highest BCUT2D eigenvalue weighted by molar-refractivity contribution is 9.10. The number of alkyl halides is 1. The molecule has 0 aromatic heterocycles. The van der Waals surface area contributed by atoms with E-state index in [-0.39, 0.29) is 5.91 Å². The van der Waals surface area contributed by atoms with E-state index in [0.29, 0.717) is 22.1 Å². The Kier molecular flexibility index (Phi) is 5.90. The highest BCUT2D eigenvalue weighted by Crippen LogP contribution is 2.28. The van der Waals surface area contributed by atoms with Crippen molar-refractivity contribution in [2.24, 2.45) is 5.92 Å². The van der Waals surface area contributed by atoms with Gasteiger partial charge in [0.1, 0.15) is 5.75 Å². The molecule has 2 unspecified atom stereocenters. The average molecular weight is 405 g/mol. The molecular formula is C15H19Br2NO2. The molecule has 1 aromatic rings. The Morgan fingerprint density at radius 2 is 2.25 bits per heavy atom. The van der Waals surface area contributed by atoms with Gasteiger partial charge in [0.2, 0.25) is 0 Å². The van der Waals surface area contributed by atoms with Crippen LogP contribution in [-0.4, -0.2) is 24.4 Å². The lowest BCUT2D eigenvalue weighted by Crippen LogP contribution is -2.32. The van der Waals surface area contributed by atoms with Gasteiger partial charge in [0.15, 0.2) is 0 Å². The maximum absolute atomic E-state index is 12.2. The second kappa shape index (κ2) is 7.46. The predicted octanol–water partition coefficient (Wildman–Crippen LogP) is 4.14. The van der Waals surface area contributed by atoms with Gasteiger partial charge in [-0.25, -0.2) is 0 Å². The van der Waals surface area contributed by atoms with Crippen LogP contribution in [0.1, 0.15) is 36.0 Å². The maximum atomic E-state index is 12.2. The normalized spacial score (nSPS) is 22.4. The Morgan fingerprint density at radius 1 is 1.45 bits per heavy atom. The van der Waals surface area contributed by atoms with Crippen LogP contribution < -0.4 is 10.1 Å². The number of halogens is 2. The van der Waals surface area contributed by atoms with Crippen molar-refractivity contribution < 1.29 is 9.53 Å². The SMILES string of the molecule is COc1ccc(Br)c(C(=O)NCC2CCCC(Br)C2)c1. The molecule has 0 bridgehead atoms. The second-order valence-electron chi connectivity index (χ2n) is 5.19. The van der Waals surface area contributed by atoms with Gasteiger partial charge in [-0.2, -0.15) is 0 Å². The van der Waals surface area contributed by atoms with Crippen molar-refractivity contribution >= 4 is 37.8 Å². The largest absolute Gasteiger partial charge is 0.497 e. The molecule has 2 rings (SSSR count). The fourth-order valence-corrected chi connectivity index (χ4v) is 3.83. The summed E-state index contributed by atoms with van der Waals surface area (Å²) >= 11 is 7.09. The fraction of sp³-hybridized carbons (Fsp3) is 0.533. The molecule has 1 aliphatic carbocycles. The molecule has 1 fully saturated rings. The number of carbonyl (C=O) groups is 1. The van der Waals surface area contributed by atoms with Gasteiger partial charge in [-0.05, 0) is 59.3 Å². The maximum Gasteiger partial charge on any atom is 0.252 e. The summed E-state index contributed by atoms with van der Waals surface area (Å²) in [6.07, 6.45) is 4.81. The smallest absolute Gasteiger partial charge is 0.252 e. The third-order valence-corrected chi connectivity index (χ3v) is 5.21. The third kappa shape index (κ3) is 4.22. The van der Waals surface area contributed by atoms with E-state index in [1.54, 1.807) is 13.2 Å². The van der Waals surface area contributed by atoms with Gasteiger partial charge in [-0.3, -0.25) is 4.79 Å². The van der Waals surface area contributed by atoms with Crippen molar-refractivity contribution in [3.05, 3.63) is 28.2 Å². The molecule has 2 atom stereocenters. The molecule has 1 N–H and O–H groups in total. The lowest BCUT2D eigenvalue weighted by atomic mass is 9.89. The first kappa shape index (κ1) is 15.8. The zero-order chi connectivity index (χ0) is 14.5. The molecular weight excluding hydrogens is 386 g/mol. The summed E-state index contributed by atoms with van der Waals surface area (Å²) in [4.78, 5) is 12.8. The molecule has 110 valence electrons. The van der Waals surface area contributed by atoms with E-state index in [9.17, 15) is 4.79 Å². The van der Waals surface area contributed by atoms with E-state index in [4.69, 9.17) is 4.74 Å². The Morgan fingerprint density at radius 3 is 2.95 bits per heavy atom. The van der Waals surface area contributed by atoms with Crippen molar-refractivity contribution in [3.63, 3.8) is 0 Å². The molecule has 0 aliphatic heterocycles. The first-order chi connectivity index (χ1) is 9.60. The van der Waals surface area contributed by atoms with Crippen LogP contribution in [0, 0.1) is 5.92 Å². The first-order valence-corrected chi connectivity index (χ1v) is 8.57. The topological polar surface area (TPSA) is 38.3 Å². The minimum atomic E-state index is -0.0486.